The van der Waals surface area contributed by atoms with Gasteiger partial charge < -0.3 is 19.9 Å². The van der Waals surface area contributed by atoms with Crippen molar-refractivity contribution in [3.05, 3.63) is 64.4 Å². The average Bonchev–Trinajstić information content (AvgIpc) is 3.02. The highest BCUT2D eigenvalue weighted by Crippen LogP contribution is 2.47. The zero-order valence-corrected chi connectivity index (χ0v) is 18.3. The molecule has 0 aromatic heterocycles. The van der Waals surface area contributed by atoms with Gasteiger partial charge in [0.2, 0.25) is 0 Å². The molecular formula is C25H26ClNO4. The monoisotopic (exact) mass is 439 g/mol. The number of ether oxygens (including phenoxy) is 2. The number of nitrogens with one attached hydrogen (secondary N) is 1. The maximum absolute atomic E-state index is 13.1. The van der Waals surface area contributed by atoms with Crippen LogP contribution in [0.2, 0.25) is 5.02 Å². The van der Waals surface area contributed by atoms with Gasteiger partial charge >= 0.3 is 0 Å². The van der Waals surface area contributed by atoms with Crippen LogP contribution >= 0.6 is 11.6 Å². The Hall–Kier alpha value is -2.34. The Morgan fingerprint density at radius 2 is 1.61 bits per heavy atom. The minimum atomic E-state index is -0.745. The van der Waals surface area contributed by atoms with Crippen molar-refractivity contribution in [3.63, 3.8) is 0 Å². The third-order valence-corrected chi connectivity index (χ3v) is 7.09. The standard InChI is InChI=1S/C25H26ClNO4/c1-16-3-4-18(17-5-7-19(26)8-6-17)15-20(16)21-22(28)24(27-23(21)29)9-11-25(12-10-24)30-13-2-14-31-25/h3-8,15,28H,2,9-14H2,1H3,(H,27,29). The predicted octanol–water partition coefficient (Wildman–Crippen LogP) is 5.16. The molecule has 5 rings (SSSR count). The highest BCUT2D eigenvalue weighted by Gasteiger charge is 2.52. The molecule has 2 aliphatic heterocycles. The van der Waals surface area contributed by atoms with E-state index in [-0.39, 0.29) is 11.7 Å². The van der Waals surface area contributed by atoms with E-state index in [1.54, 1.807) is 0 Å². The lowest BCUT2D eigenvalue weighted by atomic mass is 9.77. The van der Waals surface area contributed by atoms with Crippen molar-refractivity contribution in [2.24, 2.45) is 0 Å². The number of carbonyl (C=O) groups is 1. The van der Waals surface area contributed by atoms with Crippen LogP contribution in [-0.4, -0.2) is 35.6 Å². The minimum Gasteiger partial charge on any atom is -0.509 e. The normalized spacial score (nSPS) is 22.2. The Morgan fingerprint density at radius 1 is 0.968 bits per heavy atom. The van der Waals surface area contributed by atoms with Gasteiger partial charge in [0, 0.05) is 17.9 Å². The highest BCUT2D eigenvalue weighted by molar-refractivity contribution is 6.30. The van der Waals surface area contributed by atoms with Gasteiger partial charge in [-0.05, 0) is 66.6 Å². The van der Waals surface area contributed by atoms with E-state index in [4.69, 9.17) is 21.1 Å². The molecule has 0 atom stereocenters. The van der Waals surface area contributed by atoms with Crippen LogP contribution in [0.5, 0.6) is 0 Å². The Labute approximate surface area is 187 Å². The predicted molar refractivity (Wildman–Crippen MR) is 120 cm³/mol. The second kappa shape index (κ2) is 7.66. The third-order valence-electron chi connectivity index (χ3n) is 6.84. The van der Waals surface area contributed by atoms with Crippen molar-refractivity contribution in [3.8, 4) is 11.1 Å². The van der Waals surface area contributed by atoms with Crippen molar-refractivity contribution in [1.82, 2.24) is 5.32 Å². The maximum atomic E-state index is 13.1. The first-order chi connectivity index (χ1) is 14.9. The van der Waals surface area contributed by atoms with E-state index in [0.717, 1.165) is 28.7 Å². The van der Waals surface area contributed by atoms with Gasteiger partial charge in [0.15, 0.2) is 5.79 Å². The number of aliphatic hydroxyl groups excluding tert-OH is 1. The first-order valence-corrected chi connectivity index (χ1v) is 11.2. The van der Waals surface area contributed by atoms with Gasteiger partial charge in [-0.25, -0.2) is 0 Å². The minimum absolute atomic E-state index is 0.138. The summed E-state index contributed by atoms with van der Waals surface area (Å²) in [6.07, 6.45) is 3.37. The van der Waals surface area contributed by atoms with Crippen LogP contribution in [0.1, 0.15) is 43.2 Å². The van der Waals surface area contributed by atoms with Gasteiger partial charge in [0.1, 0.15) is 5.76 Å². The van der Waals surface area contributed by atoms with E-state index < -0.39 is 11.3 Å². The molecular weight excluding hydrogens is 414 g/mol. The van der Waals surface area contributed by atoms with E-state index in [1.165, 1.54) is 0 Å². The molecule has 2 aromatic carbocycles. The van der Waals surface area contributed by atoms with Crippen LogP contribution in [-0.2, 0) is 14.3 Å². The zero-order chi connectivity index (χ0) is 21.6. The van der Waals surface area contributed by atoms with Crippen LogP contribution in [0.4, 0.5) is 0 Å². The molecule has 3 aliphatic rings. The average molecular weight is 440 g/mol. The summed E-state index contributed by atoms with van der Waals surface area (Å²) in [7, 11) is 0. The number of benzene rings is 2. The largest absolute Gasteiger partial charge is 0.509 e. The van der Waals surface area contributed by atoms with Gasteiger partial charge in [-0.2, -0.15) is 0 Å². The summed E-state index contributed by atoms with van der Waals surface area (Å²) >= 11 is 6.02. The summed E-state index contributed by atoms with van der Waals surface area (Å²) in [6, 6.07) is 13.6. The third kappa shape index (κ3) is 3.55. The van der Waals surface area contributed by atoms with Gasteiger partial charge in [0.25, 0.3) is 5.91 Å². The number of aryl methyl sites for hydroxylation is 1. The number of hydrogen-bond acceptors (Lipinski definition) is 4. The SMILES string of the molecule is Cc1ccc(-c2ccc(Cl)cc2)cc1C1=C(O)C2(CCC3(CC2)OCCCO3)NC1=O. The topological polar surface area (TPSA) is 67.8 Å². The number of carbonyl (C=O) groups excluding carboxylic acids is 1. The summed E-state index contributed by atoms with van der Waals surface area (Å²) in [4.78, 5) is 13.1. The van der Waals surface area contributed by atoms with E-state index in [9.17, 15) is 9.90 Å². The highest BCUT2D eigenvalue weighted by atomic mass is 35.5. The molecule has 6 heteroatoms. The second-order valence-corrected chi connectivity index (χ2v) is 9.19. The molecule has 0 radical (unpaired) electrons. The summed E-state index contributed by atoms with van der Waals surface area (Å²) in [5.74, 6) is -0.656. The molecule has 0 bridgehead atoms. The maximum Gasteiger partial charge on any atom is 0.256 e. The molecule has 2 heterocycles. The summed E-state index contributed by atoms with van der Waals surface area (Å²) in [6.45, 7) is 3.35. The smallest absolute Gasteiger partial charge is 0.256 e. The second-order valence-electron chi connectivity index (χ2n) is 8.76. The Balaban J connectivity index is 1.48. The van der Waals surface area contributed by atoms with Crippen LogP contribution in [0.15, 0.2) is 48.2 Å². The van der Waals surface area contributed by atoms with Crippen LogP contribution in [0.3, 0.4) is 0 Å². The Morgan fingerprint density at radius 3 is 2.29 bits per heavy atom. The number of aliphatic hydroxyl groups is 1. The number of rotatable bonds is 2. The zero-order valence-electron chi connectivity index (χ0n) is 17.5. The van der Waals surface area contributed by atoms with E-state index in [2.05, 4.69) is 5.32 Å². The van der Waals surface area contributed by atoms with Crippen molar-refractivity contribution in [2.45, 2.75) is 50.4 Å². The van der Waals surface area contributed by atoms with Gasteiger partial charge in [-0.1, -0.05) is 35.9 Å². The van der Waals surface area contributed by atoms with Crippen LogP contribution in [0, 0.1) is 6.92 Å². The molecule has 1 aliphatic carbocycles. The van der Waals surface area contributed by atoms with Crippen molar-refractivity contribution >= 4 is 23.1 Å². The van der Waals surface area contributed by atoms with Gasteiger partial charge in [-0.3, -0.25) is 4.79 Å². The summed E-state index contributed by atoms with van der Waals surface area (Å²) in [5, 5.41) is 15.1. The van der Waals surface area contributed by atoms with E-state index >= 15 is 0 Å². The van der Waals surface area contributed by atoms with Crippen molar-refractivity contribution in [2.75, 3.05) is 13.2 Å². The van der Waals surface area contributed by atoms with E-state index in [0.29, 0.717) is 49.5 Å². The summed E-state index contributed by atoms with van der Waals surface area (Å²) < 4.78 is 11.9. The fraction of sp³-hybridized carbons (Fsp3) is 0.400. The first kappa shape index (κ1) is 20.6. The molecule has 1 saturated heterocycles. The number of amides is 1. The van der Waals surface area contributed by atoms with Crippen molar-refractivity contribution in [1.29, 1.82) is 0 Å². The lowest BCUT2D eigenvalue weighted by Crippen LogP contribution is -2.54. The summed E-state index contributed by atoms with van der Waals surface area (Å²) in [5.41, 5.74) is 3.30. The fourth-order valence-corrected chi connectivity index (χ4v) is 5.10. The Bertz CT molecular complexity index is 1040. The van der Waals surface area contributed by atoms with Gasteiger partial charge in [0.05, 0.1) is 24.3 Å². The quantitative estimate of drug-likeness (QED) is 0.678. The van der Waals surface area contributed by atoms with E-state index in [1.807, 2.05) is 49.4 Å². The van der Waals surface area contributed by atoms with Crippen LogP contribution in [0.25, 0.3) is 16.7 Å². The lowest BCUT2D eigenvalue weighted by molar-refractivity contribution is -0.284. The van der Waals surface area contributed by atoms with Gasteiger partial charge in [-0.15, -0.1) is 0 Å². The molecule has 162 valence electrons. The molecule has 0 unspecified atom stereocenters. The number of hydrogen-bond donors (Lipinski definition) is 2. The first-order valence-electron chi connectivity index (χ1n) is 10.8. The molecule has 2 spiro atoms. The van der Waals surface area contributed by atoms with Crippen LogP contribution < -0.4 is 5.32 Å². The number of halogens is 1. The fourth-order valence-electron chi connectivity index (χ4n) is 4.97. The molecule has 31 heavy (non-hydrogen) atoms. The molecule has 2 fully saturated rings. The lowest BCUT2D eigenvalue weighted by Gasteiger charge is -2.45. The molecule has 5 nitrogen and oxygen atoms in total. The molecule has 2 N–H and O–H groups in total. The van der Waals surface area contributed by atoms with Crippen molar-refractivity contribution < 1.29 is 19.4 Å². The molecule has 1 saturated carbocycles. The molecule has 2 aromatic rings. The molecule has 1 amide bonds. The Kier molecular flexibility index (Phi) is 5.08.